The van der Waals surface area contributed by atoms with Crippen molar-refractivity contribution in [3.63, 3.8) is 0 Å². The van der Waals surface area contributed by atoms with E-state index in [4.69, 9.17) is 4.74 Å². The van der Waals surface area contributed by atoms with Crippen LogP contribution in [0.15, 0.2) is 6.20 Å². The van der Waals surface area contributed by atoms with Gasteiger partial charge in [0, 0.05) is 37.9 Å². The molecule has 0 aliphatic heterocycles. The van der Waals surface area contributed by atoms with E-state index in [1.165, 1.54) is 5.56 Å². The normalized spacial score (nSPS) is 14.8. The fourth-order valence-electron chi connectivity index (χ4n) is 2.55. The third-order valence-electron chi connectivity index (χ3n) is 3.80. The molecule has 1 aromatic heterocycles. The quantitative estimate of drug-likeness (QED) is 0.784. The summed E-state index contributed by atoms with van der Waals surface area (Å²) in [5.41, 5.74) is 1.85. The molecule has 6 heteroatoms. The third kappa shape index (κ3) is 5.86. The van der Waals surface area contributed by atoms with E-state index in [1.807, 2.05) is 50.5 Å². The van der Waals surface area contributed by atoms with E-state index in [2.05, 4.69) is 10.4 Å². The predicted molar refractivity (Wildman–Crippen MR) is 90.2 cm³/mol. The molecule has 130 valence electrons. The Morgan fingerprint density at radius 1 is 1.48 bits per heavy atom. The van der Waals surface area contributed by atoms with Gasteiger partial charge in [0.1, 0.15) is 5.60 Å². The van der Waals surface area contributed by atoms with Crippen molar-refractivity contribution in [2.24, 2.45) is 7.05 Å². The monoisotopic (exact) mass is 322 g/mol. The summed E-state index contributed by atoms with van der Waals surface area (Å²) in [7, 11) is 1.94. The number of hydrogen-bond donors (Lipinski definition) is 1. The maximum atomic E-state index is 12.2. The topological polar surface area (TPSA) is 59.4 Å². The number of aryl methyl sites for hydroxylation is 2. The van der Waals surface area contributed by atoms with E-state index < -0.39 is 5.60 Å². The Balaban J connectivity index is 1.70. The SMILES string of the molecule is Cc1nn(C)cc1CNCCCN(C(=O)OC(C)(C)C)C1CC1. The van der Waals surface area contributed by atoms with E-state index in [-0.39, 0.29) is 6.09 Å². The van der Waals surface area contributed by atoms with Gasteiger partial charge in [-0.15, -0.1) is 0 Å². The van der Waals surface area contributed by atoms with E-state index >= 15 is 0 Å². The van der Waals surface area contributed by atoms with Gasteiger partial charge >= 0.3 is 6.09 Å². The zero-order chi connectivity index (χ0) is 17.0. The Morgan fingerprint density at radius 2 is 2.17 bits per heavy atom. The number of carbonyl (C=O) groups excluding carboxylic acids is 1. The molecule has 0 bridgehead atoms. The Kier molecular flexibility index (Phi) is 5.68. The molecule has 0 spiro atoms. The second-order valence-electron chi connectivity index (χ2n) is 7.35. The third-order valence-corrected chi connectivity index (χ3v) is 3.80. The van der Waals surface area contributed by atoms with Crippen molar-refractivity contribution in [2.75, 3.05) is 13.1 Å². The largest absolute Gasteiger partial charge is 0.444 e. The van der Waals surface area contributed by atoms with Crippen LogP contribution in [0.5, 0.6) is 0 Å². The number of carbonyl (C=O) groups is 1. The van der Waals surface area contributed by atoms with Crippen LogP contribution in [0, 0.1) is 6.92 Å². The van der Waals surface area contributed by atoms with Crippen LogP contribution < -0.4 is 5.32 Å². The molecular weight excluding hydrogens is 292 g/mol. The molecule has 1 N–H and O–H groups in total. The van der Waals surface area contributed by atoms with Crippen molar-refractivity contribution in [1.82, 2.24) is 20.0 Å². The molecular formula is C17H30N4O2. The Labute approximate surface area is 139 Å². The minimum absolute atomic E-state index is 0.178. The Hall–Kier alpha value is -1.56. The highest BCUT2D eigenvalue weighted by atomic mass is 16.6. The number of nitrogens with one attached hydrogen (secondary N) is 1. The first-order chi connectivity index (χ1) is 10.8. The van der Waals surface area contributed by atoms with Gasteiger partial charge < -0.3 is 15.0 Å². The zero-order valence-corrected chi connectivity index (χ0v) is 15.1. The van der Waals surface area contributed by atoms with Crippen molar-refractivity contribution in [3.05, 3.63) is 17.5 Å². The molecule has 0 aromatic carbocycles. The van der Waals surface area contributed by atoms with Crippen LogP contribution in [0.25, 0.3) is 0 Å². The lowest BCUT2D eigenvalue weighted by atomic mass is 10.2. The lowest BCUT2D eigenvalue weighted by Gasteiger charge is -2.27. The molecule has 1 fully saturated rings. The Bertz CT molecular complexity index is 529. The van der Waals surface area contributed by atoms with Crippen LogP contribution in [0.2, 0.25) is 0 Å². The fraction of sp³-hybridized carbons (Fsp3) is 0.765. The summed E-state index contributed by atoms with van der Waals surface area (Å²) < 4.78 is 7.34. The van der Waals surface area contributed by atoms with Gasteiger partial charge in [0.25, 0.3) is 0 Å². The minimum atomic E-state index is -0.430. The molecule has 23 heavy (non-hydrogen) atoms. The molecule has 1 heterocycles. The van der Waals surface area contributed by atoms with Crippen LogP contribution in [0.4, 0.5) is 4.79 Å². The Morgan fingerprint density at radius 3 is 2.70 bits per heavy atom. The van der Waals surface area contributed by atoms with Crippen molar-refractivity contribution >= 4 is 6.09 Å². The average Bonchev–Trinajstić information content (AvgIpc) is 3.18. The highest BCUT2D eigenvalue weighted by Crippen LogP contribution is 2.28. The van der Waals surface area contributed by atoms with E-state index in [0.29, 0.717) is 6.04 Å². The number of ether oxygens (including phenoxy) is 1. The minimum Gasteiger partial charge on any atom is -0.444 e. The molecule has 1 aliphatic rings. The van der Waals surface area contributed by atoms with Crippen LogP contribution in [0.3, 0.4) is 0 Å². The molecule has 6 nitrogen and oxygen atoms in total. The van der Waals surface area contributed by atoms with Gasteiger partial charge in [-0.3, -0.25) is 4.68 Å². The van der Waals surface area contributed by atoms with E-state index in [9.17, 15) is 4.79 Å². The van der Waals surface area contributed by atoms with Crippen LogP contribution in [0.1, 0.15) is 51.3 Å². The van der Waals surface area contributed by atoms with Gasteiger partial charge in [-0.2, -0.15) is 5.10 Å². The highest BCUT2D eigenvalue weighted by molar-refractivity contribution is 5.69. The van der Waals surface area contributed by atoms with Crippen molar-refractivity contribution in [1.29, 1.82) is 0 Å². The molecule has 2 rings (SSSR count). The summed E-state index contributed by atoms with van der Waals surface area (Å²) in [6, 6.07) is 0.380. The lowest BCUT2D eigenvalue weighted by Crippen LogP contribution is -2.39. The van der Waals surface area contributed by atoms with Crippen LogP contribution in [-0.2, 0) is 18.3 Å². The number of amides is 1. The summed E-state index contributed by atoms with van der Waals surface area (Å²) in [6.45, 7) is 10.2. The second kappa shape index (κ2) is 7.34. The number of aromatic nitrogens is 2. The predicted octanol–water partition coefficient (Wildman–Crippen LogP) is 2.61. The second-order valence-corrected chi connectivity index (χ2v) is 7.35. The van der Waals surface area contributed by atoms with Crippen molar-refractivity contribution < 1.29 is 9.53 Å². The number of nitrogens with zero attached hydrogens (tertiary/aromatic N) is 3. The molecule has 0 radical (unpaired) electrons. The maximum Gasteiger partial charge on any atom is 0.410 e. The summed E-state index contributed by atoms with van der Waals surface area (Å²) in [4.78, 5) is 14.1. The number of rotatable bonds is 7. The van der Waals surface area contributed by atoms with Gasteiger partial charge in [-0.25, -0.2) is 4.79 Å². The smallest absolute Gasteiger partial charge is 0.410 e. The first-order valence-electron chi connectivity index (χ1n) is 8.46. The van der Waals surface area contributed by atoms with Gasteiger partial charge in [0.05, 0.1) is 5.69 Å². The first kappa shape index (κ1) is 17.8. The number of hydrogen-bond acceptors (Lipinski definition) is 4. The summed E-state index contributed by atoms with van der Waals surface area (Å²) >= 11 is 0. The first-order valence-corrected chi connectivity index (χ1v) is 8.46. The highest BCUT2D eigenvalue weighted by Gasteiger charge is 2.34. The zero-order valence-electron chi connectivity index (χ0n) is 15.1. The lowest BCUT2D eigenvalue weighted by molar-refractivity contribution is 0.0232. The average molecular weight is 322 g/mol. The van der Waals surface area contributed by atoms with Gasteiger partial charge in [-0.1, -0.05) is 0 Å². The fourth-order valence-corrected chi connectivity index (χ4v) is 2.55. The van der Waals surface area contributed by atoms with Crippen molar-refractivity contribution in [3.8, 4) is 0 Å². The maximum absolute atomic E-state index is 12.2. The van der Waals surface area contributed by atoms with Gasteiger partial charge in [-0.05, 0) is 53.5 Å². The molecule has 1 amide bonds. The standard InChI is InChI=1S/C17H30N4O2/c1-13-14(12-20(5)19-13)11-18-9-6-10-21(15-7-8-15)16(22)23-17(2,3)4/h12,15,18H,6-11H2,1-5H3. The molecule has 0 saturated heterocycles. The van der Waals surface area contributed by atoms with Crippen LogP contribution >= 0.6 is 0 Å². The van der Waals surface area contributed by atoms with E-state index in [1.54, 1.807) is 0 Å². The summed E-state index contributed by atoms with van der Waals surface area (Å²) in [5.74, 6) is 0. The molecule has 1 saturated carbocycles. The molecule has 0 unspecified atom stereocenters. The van der Waals surface area contributed by atoms with E-state index in [0.717, 1.165) is 44.6 Å². The summed E-state index contributed by atoms with van der Waals surface area (Å²) in [5, 5.41) is 7.76. The molecule has 0 atom stereocenters. The van der Waals surface area contributed by atoms with Gasteiger partial charge in [0.2, 0.25) is 0 Å². The van der Waals surface area contributed by atoms with Gasteiger partial charge in [0.15, 0.2) is 0 Å². The van der Waals surface area contributed by atoms with Crippen LogP contribution in [-0.4, -0.2) is 45.5 Å². The molecule has 1 aliphatic carbocycles. The van der Waals surface area contributed by atoms with Crippen molar-refractivity contribution in [2.45, 2.75) is 65.1 Å². The molecule has 1 aromatic rings. The summed E-state index contributed by atoms with van der Waals surface area (Å²) in [6.07, 6.45) is 4.99.